The monoisotopic (exact) mass is 512 g/mol. The predicted molar refractivity (Wildman–Crippen MR) is 115 cm³/mol. The molecule has 4 rings (SSSR count). The van der Waals surface area contributed by atoms with Crippen molar-refractivity contribution < 1.29 is 35.5 Å². The molecule has 1 aromatic carbocycles. The molecule has 186 valence electrons. The Bertz CT molecular complexity index is 1400. The molecular weight excluding hydrogens is 492 g/mol. The van der Waals surface area contributed by atoms with Crippen LogP contribution >= 0.6 is 0 Å². The fraction of sp³-hybridized carbons (Fsp3) is 0.318. The Morgan fingerprint density at radius 3 is 2.51 bits per heavy atom. The van der Waals surface area contributed by atoms with Gasteiger partial charge in [-0.05, 0) is 43.7 Å². The van der Waals surface area contributed by atoms with Crippen molar-refractivity contribution in [2.75, 3.05) is 6.26 Å². The standard InChI is InChI=1S/C22H20F4N4O4S/c1-12-6-15(23)8-27-20(12)30-10-14-9-29(11-18(14)28-30)21(31)17-7-16(35(3,32)33)4-5-19(17)34-13(2)22(24,25)26/h4-8,10,13H,9,11H2,1-3H3. The number of aromatic nitrogens is 3. The van der Waals surface area contributed by atoms with Crippen LogP contribution in [0.5, 0.6) is 5.75 Å². The van der Waals surface area contributed by atoms with Crippen LogP contribution in [-0.4, -0.2) is 52.5 Å². The molecule has 0 saturated carbocycles. The number of nitrogens with zero attached hydrogens (tertiary/aromatic N) is 4. The minimum Gasteiger partial charge on any atom is -0.480 e. The lowest BCUT2D eigenvalue weighted by Crippen LogP contribution is -2.33. The van der Waals surface area contributed by atoms with Crippen LogP contribution in [0.1, 0.15) is 34.1 Å². The summed E-state index contributed by atoms with van der Waals surface area (Å²) >= 11 is 0. The number of rotatable bonds is 5. The number of fused-ring (bicyclic) bond motifs is 1. The quantitative estimate of drug-likeness (QED) is 0.485. The summed E-state index contributed by atoms with van der Waals surface area (Å²) in [6.45, 7) is 2.56. The number of aryl methyl sites for hydroxylation is 1. The van der Waals surface area contributed by atoms with Gasteiger partial charge in [-0.2, -0.15) is 18.3 Å². The Hall–Kier alpha value is -3.48. The summed E-state index contributed by atoms with van der Waals surface area (Å²) < 4.78 is 82.9. The van der Waals surface area contributed by atoms with Gasteiger partial charge in [0.25, 0.3) is 5.91 Å². The average molecular weight is 512 g/mol. The van der Waals surface area contributed by atoms with E-state index in [1.165, 1.54) is 15.6 Å². The lowest BCUT2D eigenvalue weighted by Gasteiger charge is -2.22. The summed E-state index contributed by atoms with van der Waals surface area (Å²) in [6, 6.07) is 4.46. The number of alkyl halides is 3. The van der Waals surface area contributed by atoms with Crippen molar-refractivity contribution in [3.8, 4) is 11.6 Å². The third-order valence-corrected chi connectivity index (χ3v) is 6.59. The lowest BCUT2D eigenvalue weighted by molar-refractivity contribution is -0.189. The molecule has 0 saturated heterocycles. The lowest BCUT2D eigenvalue weighted by atomic mass is 10.1. The molecule has 0 aliphatic carbocycles. The van der Waals surface area contributed by atoms with Crippen LogP contribution in [0.2, 0.25) is 0 Å². The van der Waals surface area contributed by atoms with Gasteiger partial charge in [-0.3, -0.25) is 4.79 Å². The number of ether oxygens (including phenoxy) is 1. The van der Waals surface area contributed by atoms with E-state index in [-0.39, 0.29) is 29.3 Å². The Kier molecular flexibility index (Phi) is 6.07. The first kappa shape index (κ1) is 24.6. The van der Waals surface area contributed by atoms with Crippen molar-refractivity contribution in [3.63, 3.8) is 0 Å². The highest BCUT2D eigenvalue weighted by Gasteiger charge is 2.39. The molecule has 0 spiro atoms. The maximum atomic E-state index is 13.4. The second-order valence-corrected chi connectivity index (χ2v) is 10.2. The van der Waals surface area contributed by atoms with Gasteiger partial charge in [0.15, 0.2) is 21.8 Å². The summed E-state index contributed by atoms with van der Waals surface area (Å²) in [5.74, 6) is -1.17. The van der Waals surface area contributed by atoms with Gasteiger partial charge < -0.3 is 9.64 Å². The van der Waals surface area contributed by atoms with Crippen LogP contribution in [0.4, 0.5) is 17.6 Å². The SMILES string of the molecule is Cc1cc(F)cnc1-n1cc2c(n1)CN(C(=O)c1cc(S(C)(=O)=O)ccc1OC(C)C(F)(F)F)C2. The van der Waals surface area contributed by atoms with Crippen LogP contribution in [0.3, 0.4) is 0 Å². The molecule has 3 heterocycles. The van der Waals surface area contributed by atoms with Crippen LogP contribution in [0.25, 0.3) is 5.82 Å². The van der Waals surface area contributed by atoms with E-state index in [1.54, 1.807) is 13.1 Å². The normalized spacial score (nSPS) is 14.7. The van der Waals surface area contributed by atoms with Crippen molar-refractivity contribution in [1.29, 1.82) is 0 Å². The first-order valence-corrected chi connectivity index (χ1v) is 12.2. The molecule has 0 bridgehead atoms. The van der Waals surface area contributed by atoms with Crippen LogP contribution in [-0.2, 0) is 22.9 Å². The zero-order chi connectivity index (χ0) is 25.7. The first-order chi connectivity index (χ1) is 16.2. The van der Waals surface area contributed by atoms with Gasteiger partial charge >= 0.3 is 6.18 Å². The van der Waals surface area contributed by atoms with Crippen LogP contribution in [0.15, 0.2) is 41.6 Å². The van der Waals surface area contributed by atoms with Crippen LogP contribution < -0.4 is 4.74 Å². The topological polar surface area (TPSA) is 94.4 Å². The number of carbonyl (C=O) groups excluding carboxylic acids is 1. The zero-order valence-electron chi connectivity index (χ0n) is 18.8. The number of pyridine rings is 1. The molecule has 3 aromatic rings. The molecule has 0 fully saturated rings. The van der Waals surface area contributed by atoms with E-state index in [2.05, 4.69) is 10.1 Å². The summed E-state index contributed by atoms with van der Waals surface area (Å²) in [5, 5.41) is 4.40. The molecule has 8 nitrogen and oxygen atoms in total. The summed E-state index contributed by atoms with van der Waals surface area (Å²) in [6.07, 6.45) is -3.29. The van der Waals surface area contributed by atoms with E-state index in [0.717, 1.165) is 37.6 Å². The summed E-state index contributed by atoms with van der Waals surface area (Å²) in [7, 11) is -3.74. The third kappa shape index (κ3) is 4.99. The fourth-order valence-electron chi connectivity index (χ4n) is 3.62. The summed E-state index contributed by atoms with van der Waals surface area (Å²) in [5.41, 5.74) is 1.43. The molecule has 0 N–H and O–H groups in total. The van der Waals surface area contributed by atoms with E-state index >= 15 is 0 Å². The van der Waals surface area contributed by atoms with Crippen molar-refractivity contribution in [1.82, 2.24) is 19.7 Å². The molecule has 1 unspecified atom stereocenters. The van der Waals surface area contributed by atoms with Gasteiger partial charge in [0.05, 0.1) is 28.9 Å². The van der Waals surface area contributed by atoms with Gasteiger partial charge in [-0.25, -0.2) is 22.5 Å². The number of hydrogen-bond donors (Lipinski definition) is 0. The Morgan fingerprint density at radius 2 is 1.91 bits per heavy atom. The number of halogens is 4. The van der Waals surface area contributed by atoms with Gasteiger partial charge in [-0.15, -0.1) is 0 Å². The van der Waals surface area contributed by atoms with Gasteiger partial charge in [-0.1, -0.05) is 0 Å². The average Bonchev–Trinajstić information content (AvgIpc) is 3.31. The number of amides is 1. The maximum absolute atomic E-state index is 13.4. The van der Waals surface area contributed by atoms with Crippen molar-refractivity contribution in [3.05, 3.63) is 64.9 Å². The summed E-state index contributed by atoms with van der Waals surface area (Å²) in [4.78, 5) is 18.4. The van der Waals surface area contributed by atoms with E-state index < -0.39 is 33.8 Å². The van der Waals surface area contributed by atoms with E-state index in [9.17, 15) is 30.8 Å². The van der Waals surface area contributed by atoms with Gasteiger partial charge in [0.2, 0.25) is 0 Å². The van der Waals surface area contributed by atoms with Crippen molar-refractivity contribution >= 4 is 15.7 Å². The molecule has 35 heavy (non-hydrogen) atoms. The highest BCUT2D eigenvalue weighted by Crippen LogP contribution is 2.32. The van der Waals surface area contributed by atoms with Crippen LogP contribution in [0, 0.1) is 12.7 Å². The van der Waals surface area contributed by atoms with E-state index in [0.29, 0.717) is 22.6 Å². The van der Waals surface area contributed by atoms with Crippen molar-refractivity contribution in [2.45, 2.75) is 44.1 Å². The largest absolute Gasteiger partial charge is 0.480 e. The minimum atomic E-state index is -4.68. The molecular formula is C22H20F4N4O4S. The minimum absolute atomic E-state index is 0.0266. The zero-order valence-corrected chi connectivity index (χ0v) is 19.6. The van der Waals surface area contributed by atoms with Crippen molar-refractivity contribution in [2.24, 2.45) is 0 Å². The Labute approximate surface area is 198 Å². The first-order valence-electron chi connectivity index (χ1n) is 10.3. The van der Waals surface area contributed by atoms with Gasteiger partial charge in [0.1, 0.15) is 11.6 Å². The second kappa shape index (κ2) is 8.63. The number of sulfone groups is 1. The Morgan fingerprint density at radius 1 is 1.20 bits per heavy atom. The molecule has 1 atom stereocenters. The third-order valence-electron chi connectivity index (χ3n) is 5.47. The van der Waals surface area contributed by atoms with E-state index in [1.807, 2.05) is 0 Å². The Balaban J connectivity index is 1.63. The number of benzene rings is 1. The molecule has 1 amide bonds. The number of hydrogen-bond acceptors (Lipinski definition) is 6. The second-order valence-electron chi connectivity index (χ2n) is 8.23. The van der Waals surface area contributed by atoms with Gasteiger partial charge in [0, 0.05) is 24.6 Å². The highest BCUT2D eigenvalue weighted by molar-refractivity contribution is 7.90. The molecule has 1 aliphatic heterocycles. The van der Waals surface area contributed by atoms with E-state index in [4.69, 9.17) is 4.74 Å². The maximum Gasteiger partial charge on any atom is 0.425 e. The molecule has 1 aliphatic rings. The smallest absolute Gasteiger partial charge is 0.425 e. The highest BCUT2D eigenvalue weighted by atomic mass is 32.2. The molecule has 2 aromatic heterocycles. The molecule has 0 radical (unpaired) electrons. The molecule has 13 heteroatoms. The predicted octanol–water partition coefficient (Wildman–Crippen LogP) is 3.60. The fourth-order valence-corrected chi connectivity index (χ4v) is 4.26. The number of carbonyl (C=O) groups is 1.